The summed E-state index contributed by atoms with van der Waals surface area (Å²) in [5.74, 6) is 0.571. The van der Waals surface area contributed by atoms with Gasteiger partial charge in [-0.15, -0.1) is 13.2 Å². The van der Waals surface area contributed by atoms with Crippen molar-refractivity contribution in [3.8, 4) is 5.75 Å². The maximum atomic E-state index is 12.7. The molecule has 7 nitrogen and oxygen atoms in total. The Morgan fingerprint density at radius 1 is 1.30 bits per heavy atom. The Labute approximate surface area is 191 Å². The summed E-state index contributed by atoms with van der Waals surface area (Å²) in [4.78, 5) is 11.3. The summed E-state index contributed by atoms with van der Waals surface area (Å²) < 4.78 is 47.7. The van der Waals surface area contributed by atoms with Crippen LogP contribution in [0.2, 0.25) is 0 Å². The second-order valence-electron chi connectivity index (χ2n) is 10.0. The normalized spacial score (nSPS) is 33.6. The van der Waals surface area contributed by atoms with Crippen LogP contribution in [-0.2, 0) is 4.74 Å². The third-order valence-electron chi connectivity index (χ3n) is 7.45. The van der Waals surface area contributed by atoms with Gasteiger partial charge >= 0.3 is 6.36 Å². The van der Waals surface area contributed by atoms with Crippen LogP contribution in [0.25, 0.3) is 0 Å². The summed E-state index contributed by atoms with van der Waals surface area (Å²) >= 11 is 0. The molecule has 3 heterocycles. The molecule has 2 saturated heterocycles. The molecule has 2 saturated carbocycles. The second kappa shape index (κ2) is 8.23. The maximum absolute atomic E-state index is 12.7. The number of nitrogen functional groups attached to an aromatic ring is 1. The third-order valence-corrected chi connectivity index (χ3v) is 7.45. The third kappa shape index (κ3) is 4.59. The Kier molecular flexibility index (Phi) is 5.63. The minimum Gasteiger partial charge on any atom is -0.402 e. The van der Waals surface area contributed by atoms with Gasteiger partial charge in [0, 0.05) is 60.2 Å². The van der Waals surface area contributed by atoms with E-state index in [9.17, 15) is 13.2 Å². The Morgan fingerprint density at radius 3 is 2.61 bits per heavy atom. The molecule has 2 aliphatic carbocycles. The van der Waals surface area contributed by atoms with Crippen LogP contribution in [0.5, 0.6) is 5.75 Å². The van der Waals surface area contributed by atoms with Crippen molar-refractivity contribution < 1.29 is 22.6 Å². The lowest BCUT2D eigenvalue weighted by Gasteiger charge is -2.33. The molecular formula is C23H30F3N5O2. The van der Waals surface area contributed by atoms with Crippen LogP contribution in [0.1, 0.15) is 45.1 Å². The van der Waals surface area contributed by atoms with Gasteiger partial charge in [-0.05, 0) is 51.0 Å². The van der Waals surface area contributed by atoms with E-state index in [1.54, 1.807) is 0 Å². The maximum Gasteiger partial charge on any atom is 0.573 e. The number of ether oxygens (including phenoxy) is 2. The van der Waals surface area contributed by atoms with Gasteiger partial charge in [0.25, 0.3) is 0 Å². The number of nitrogens with zero attached hydrogens (tertiary/aromatic N) is 3. The molecule has 1 aromatic heterocycles. The van der Waals surface area contributed by atoms with E-state index in [2.05, 4.69) is 14.6 Å². The van der Waals surface area contributed by atoms with E-state index in [1.165, 1.54) is 6.20 Å². The molecule has 10 heteroatoms. The number of anilines is 1. The zero-order chi connectivity index (χ0) is 23.5. The number of aliphatic imine (C=N–C) groups is 1. The highest BCUT2D eigenvalue weighted by Crippen LogP contribution is 2.60. The van der Waals surface area contributed by atoms with E-state index in [0.29, 0.717) is 42.4 Å². The predicted octanol–water partition coefficient (Wildman–Crippen LogP) is 3.67. The summed E-state index contributed by atoms with van der Waals surface area (Å²) in [6, 6.07) is 2.40. The lowest BCUT2D eigenvalue weighted by Crippen LogP contribution is -2.44. The molecule has 0 aromatic carbocycles. The number of pyridine rings is 1. The molecule has 4 fully saturated rings. The predicted molar refractivity (Wildman–Crippen MR) is 118 cm³/mol. The van der Waals surface area contributed by atoms with E-state index in [1.807, 2.05) is 13.8 Å². The number of halogens is 3. The molecule has 4 atom stereocenters. The van der Waals surface area contributed by atoms with Gasteiger partial charge in [-0.2, -0.15) is 0 Å². The molecule has 2 aliphatic heterocycles. The zero-order valence-corrected chi connectivity index (χ0v) is 18.8. The van der Waals surface area contributed by atoms with Crippen molar-refractivity contribution in [1.82, 2.24) is 9.88 Å². The van der Waals surface area contributed by atoms with E-state index in [-0.39, 0.29) is 23.1 Å². The molecule has 33 heavy (non-hydrogen) atoms. The van der Waals surface area contributed by atoms with Crippen molar-refractivity contribution in [1.29, 1.82) is 5.41 Å². The van der Waals surface area contributed by atoms with E-state index >= 15 is 0 Å². The first-order valence-electron chi connectivity index (χ1n) is 11.6. The number of alkyl halides is 3. The van der Waals surface area contributed by atoms with Crippen LogP contribution in [0.3, 0.4) is 0 Å². The molecule has 5 rings (SSSR count). The van der Waals surface area contributed by atoms with Gasteiger partial charge in [0.05, 0.1) is 12.7 Å². The lowest BCUT2D eigenvalue weighted by atomic mass is 9.96. The van der Waals surface area contributed by atoms with Gasteiger partial charge in [0.15, 0.2) is 11.6 Å². The zero-order valence-electron chi connectivity index (χ0n) is 18.8. The number of nitrogens with one attached hydrogen (secondary N) is 1. The average molecular weight is 466 g/mol. The van der Waals surface area contributed by atoms with Gasteiger partial charge in [0.1, 0.15) is 0 Å². The van der Waals surface area contributed by atoms with E-state index in [0.717, 1.165) is 44.2 Å². The first kappa shape index (κ1) is 22.6. The quantitative estimate of drug-likeness (QED) is 0.599. The summed E-state index contributed by atoms with van der Waals surface area (Å²) in [6.07, 6.45) is 0.598. The average Bonchev–Trinajstić information content (AvgIpc) is 3.15. The van der Waals surface area contributed by atoms with Crippen molar-refractivity contribution in [2.45, 2.75) is 70.1 Å². The van der Waals surface area contributed by atoms with Crippen molar-refractivity contribution >= 4 is 17.2 Å². The number of hydrogen-bond donors (Lipinski definition) is 2. The number of likely N-dealkylation sites (tertiary alicyclic amines) is 1. The van der Waals surface area contributed by atoms with Gasteiger partial charge in [-0.3, -0.25) is 9.89 Å². The molecule has 4 aliphatic rings. The van der Waals surface area contributed by atoms with Crippen LogP contribution in [0.4, 0.5) is 19.0 Å². The monoisotopic (exact) mass is 465 g/mol. The molecular weight excluding hydrogens is 435 g/mol. The van der Waals surface area contributed by atoms with Gasteiger partial charge in [-0.25, -0.2) is 4.98 Å². The van der Waals surface area contributed by atoms with Crippen molar-refractivity contribution in [3.05, 3.63) is 17.8 Å². The molecule has 4 unspecified atom stereocenters. The molecule has 0 amide bonds. The fourth-order valence-corrected chi connectivity index (χ4v) is 6.14. The number of fused-ring (bicyclic) bond motifs is 3. The lowest BCUT2D eigenvalue weighted by molar-refractivity contribution is -0.274. The van der Waals surface area contributed by atoms with Gasteiger partial charge in [-0.1, -0.05) is 0 Å². The van der Waals surface area contributed by atoms with Crippen molar-refractivity contribution in [2.24, 2.45) is 22.7 Å². The Balaban J connectivity index is 1.25. The van der Waals surface area contributed by atoms with Crippen LogP contribution in [0.15, 0.2) is 17.3 Å². The molecule has 1 aromatic rings. The van der Waals surface area contributed by atoms with Crippen LogP contribution in [-0.4, -0.2) is 65.1 Å². The Hall–Kier alpha value is -2.20. The summed E-state index contributed by atoms with van der Waals surface area (Å²) in [5, 5.41) is 8.54. The number of hydrogen-bond acceptors (Lipinski definition) is 7. The fraction of sp³-hybridized carbons (Fsp3) is 0.696. The summed E-state index contributed by atoms with van der Waals surface area (Å²) in [7, 11) is 0. The van der Waals surface area contributed by atoms with Crippen molar-refractivity contribution in [2.75, 3.05) is 18.9 Å². The van der Waals surface area contributed by atoms with Crippen LogP contribution < -0.4 is 10.5 Å². The van der Waals surface area contributed by atoms with Crippen LogP contribution >= 0.6 is 0 Å². The highest BCUT2D eigenvalue weighted by molar-refractivity contribution is 6.12. The summed E-state index contributed by atoms with van der Waals surface area (Å²) in [6.45, 7) is 5.91. The van der Waals surface area contributed by atoms with Crippen LogP contribution in [0, 0.1) is 23.2 Å². The molecule has 180 valence electrons. The minimum atomic E-state index is -4.87. The van der Waals surface area contributed by atoms with Gasteiger partial charge in [0.2, 0.25) is 0 Å². The smallest absolute Gasteiger partial charge is 0.402 e. The summed E-state index contributed by atoms with van der Waals surface area (Å²) in [5.41, 5.74) is 6.94. The first-order valence-corrected chi connectivity index (χ1v) is 11.6. The Morgan fingerprint density at radius 2 is 2.03 bits per heavy atom. The molecule has 2 bridgehead atoms. The standard InChI is InChI=1S/C23H30F3N5O2/c1-11(2)30-19(7-18(27)12-3-20(22(28)29-8-12)33-23(24,25)26)21-16-5-13(6-17(16)21)31-9-15-4-14(31)10-32-15/h3,8,11,13-17,21,27H,4-7,9-10H2,1-2H3,(H2,28,29). The number of morpholine rings is 1. The number of rotatable bonds is 7. The van der Waals surface area contributed by atoms with Crippen molar-refractivity contribution in [3.63, 3.8) is 0 Å². The molecule has 3 N–H and O–H groups in total. The topological polar surface area (TPSA) is 96.8 Å². The first-order chi connectivity index (χ1) is 15.6. The number of aromatic nitrogens is 1. The van der Waals surface area contributed by atoms with E-state index < -0.39 is 12.1 Å². The highest BCUT2D eigenvalue weighted by atomic mass is 19.4. The van der Waals surface area contributed by atoms with E-state index in [4.69, 9.17) is 20.9 Å². The minimum absolute atomic E-state index is 0.0880. The molecule has 0 radical (unpaired) electrons. The largest absolute Gasteiger partial charge is 0.573 e. The number of nitrogens with two attached hydrogens (primary N) is 1. The molecule has 0 spiro atoms. The van der Waals surface area contributed by atoms with Gasteiger partial charge < -0.3 is 20.6 Å². The highest BCUT2D eigenvalue weighted by Gasteiger charge is 2.60. The fourth-order valence-electron chi connectivity index (χ4n) is 6.14. The second-order valence-corrected chi connectivity index (χ2v) is 10.0. The Bertz CT molecular complexity index is 954. The SMILES string of the molecule is CC(C)N=C(CC(=N)c1cnc(N)c(OC(F)(F)F)c1)C1C2CC(N3CC4CC3CO4)CC21.